The van der Waals surface area contributed by atoms with Gasteiger partial charge in [0.25, 0.3) is 0 Å². The van der Waals surface area contributed by atoms with Gasteiger partial charge in [0.1, 0.15) is 12.1 Å². The number of likely N-dealkylation sites (N-methyl/N-ethyl adjacent to an activating group) is 1. The van der Waals surface area contributed by atoms with Crippen LogP contribution in [-0.4, -0.2) is 45.9 Å². The van der Waals surface area contributed by atoms with Crippen LogP contribution in [0.1, 0.15) is 34.9 Å². The molecule has 5 nitrogen and oxygen atoms in total. The van der Waals surface area contributed by atoms with E-state index in [2.05, 4.69) is 22.1 Å². The first-order valence-electron chi connectivity index (χ1n) is 6.26. The number of hydrogen-bond acceptors (Lipinski definition) is 4. The molecule has 0 aliphatic carbocycles. The summed E-state index contributed by atoms with van der Waals surface area (Å²) in [5.41, 5.74) is 1.39. The predicted octanol–water partition coefficient (Wildman–Crippen LogP) is 1.35. The minimum atomic E-state index is 0.431. The third-order valence-corrected chi connectivity index (χ3v) is 3.59. The average molecular weight is 244 g/mol. The van der Waals surface area contributed by atoms with Crippen molar-refractivity contribution >= 4 is 11.9 Å². The number of aldehydes is 1. The molecule has 0 spiro atoms. The van der Waals surface area contributed by atoms with Gasteiger partial charge in [-0.05, 0) is 38.6 Å². The van der Waals surface area contributed by atoms with E-state index in [-0.39, 0.29) is 0 Å². The molecule has 0 radical (unpaired) electrons. The van der Waals surface area contributed by atoms with Crippen molar-refractivity contribution in [1.82, 2.24) is 19.5 Å². The van der Waals surface area contributed by atoms with Gasteiger partial charge >= 0.3 is 0 Å². The molecular weight excluding hydrogens is 228 g/mol. The molecule has 0 amide bonds. The lowest BCUT2D eigenvalue weighted by Gasteiger charge is -2.28. The molecule has 94 valence electrons. The van der Waals surface area contributed by atoms with E-state index in [9.17, 15) is 4.79 Å². The van der Waals surface area contributed by atoms with Gasteiger partial charge in [0.2, 0.25) is 0 Å². The smallest absolute Gasteiger partial charge is 0.161 e. The van der Waals surface area contributed by atoms with Crippen LogP contribution in [0.3, 0.4) is 0 Å². The van der Waals surface area contributed by atoms with Crippen LogP contribution in [0.5, 0.6) is 0 Å². The van der Waals surface area contributed by atoms with Crippen LogP contribution in [0.15, 0.2) is 18.3 Å². The summed E-state index contributed by atoms with van der Waals surface area (Å²) in [4.78, 5) is 13.1. The Morgan fingerprint density at radius 1 is 1.44 bits per heavy atom. The zero-order valence-electron chi connectivity index (χ0n) is 10.4. The maximum absolute atomic E-state index is 10.7. The van der Waals surface area contributed by atoms with Gasteiger partial charge in [-0.25, -0.2) is 0 Å². The van der Waals surface area contributed by atoms with E-state index in [4.69, 9.17) is 0 Å². The van der Waals surface area contributed by atoms with Crippen molar-refractivity contribution in [3.8, 4) is 0 Å². The van der Waals surface area contributed by atoms with Crippen LogP contribution >= 0.6 is 0 Å². The van der Waals surface area contributed by atoms with Gasteiger partial charge in [-0.1, -0.05) is 0 Å². The van der Waals surface area contributed by atoms with Gasteiger partial charge in [0, 0.05) is 24.2 Å². The van der Waals surface area contributed by atoms with Gasteiger partial charge in [-0.3, -0.25) is 9.20 Å². The molecule has 2 aromatic rings. The van der Waals surface area contributed by atoms with Gasteiger partial charge in [-0.15, -0.1) is 10.2 Å². The van der Waals surface area contributed by atoms with Crippen LogP contribution in [0.4, 0.5) is 0 Å². The molecule has 3 heterocycles. The number of aromatic nitrogens is 3. The standard InChI is InChI=1S/C13H16N4O/c1-16-5-2-3-11(8-16)13-15-14-12-7-10(9-18)4-6-17(12)13/h4,6-7,9,11H,2-3,5,8H2,1H3. The minimum Gasteiger partial charge on any atom is -0.306 e. The Labute approximate surface area is 105 Å². The average Bonchev–Trinajstić information content (AvgIpc) is 2.81. The highest BCUT2D eigenvalue weighted by Gasteiger charge is 2.23. The Balaban J connectivity index is 1.99. The van der Waals surface area contributed by atoms with Gasteiger partial charge < -0.3 is 4.90 Å². The number of fused-ring (bicyclic) bond motifs is 1. The number of nitrogens with zero attached hydrogens (tertiary/aromatic N) is 4. The number of hydrogen-bond donors (Lipinski definition) is 0. The number of rotatable bonds is 2. The number of piperidine rings is 1. The van der Waals surface area contributed by atoms with E-state index >= 15 is 0 Å². The highest BCUT2D eigenvalue weighted by atomic mass is 16.1. The van der Waals surface area contributed by atoms with E-state index < -0.39 is 0 Å². The molecule has 3 rings (SSSR count). The van der Waals surface area contributed by atoms with E-state index in [1.165, 1.54) is 6.42 Å². The molecule has 5 heteroatoms. The Kier molecular flexibility index (Phi) is 2.83. The Hall–Kier alpha value is -1.75. The number of likely N-dealkylation sites (tertiary alicyclic amines) is 1. The third kappa shape index (κ3) is 1.90. The second kappa shape index (κ2) is 4.49. The number of carbonyl (C=O) groups excluding carboxylic acids is 1. The van der Waals surface area contributed by atoms with Crippen molar-refractivity contribution in [1.29, 1.82) is 0 Å². The molecule has 1 atom stereocenters. The molecule has 1 fully saturated rings. The second-order valence-electron chi connectivity index (χ2n) is 4.97. The van der Waals surface area contributed by atoms with Crippen molar-refractivity contribution in [3.05, 3.63) is 29.7 Å². The monoisotopic (exact) mass is 244 g/mol. The second-order valence-corrected chi connectivity index (χ2v) is 4.97. The Morgan fingerprint density at radius 2 is 2.33 bits per heavy atom. The van der Waals surface area contributed by atoms with E-state index in [1.54, 1.807) is 12.1 Å². The van der Waals surface area contributed by atoms with Crippen LogP contribution in [0.25, 0.3) is 5.65 Å². The van der Waals surface area contributed by atoms with E-state index in [0.717, 1.165) is 37.3 Å². The van der Waals surface area contributed by atoms with Crippen LogP contribution < -0.4 is 0 Å². The SMILES string of the molecule is CN1CCCC(c2nnc3cc(C=O)ccn23)C1. The maximum Gasteiger partial charge on any atom is 0.161 e. The molecule has 0 bridgehead atoms. The number of pyridine rings is 1. The molecule has 0 N–H and O–H groups in total. The Bertz CT molecular complexity index is 577. The van der Waals surface area contributed by atoms with Crippen molar-refractivity contribution in [2.75, 3.05) is 20.1 Å². The van der Waals surface area contributed by atoms with Crippen LogP contribution in [-0.2, 0) is 0 Å². The van der Waals surface area contributed by atoms with Crippen molar-refractivity contribution in [2.45, 2.75) is 18.8 Å². The normalized spacial score (nSPS) is 21.3. The van der Waals surface area contributed by atoms with Gasteiger partial charge in [0.15, 0.2) is 5.65 Å². The molecule has 0 aromatic carbocycles. The number of carbonyl (C=O) groups is 1. The maximum atomic E-state index is 10.7. The summed E-state index contributed by atoms with van der Waals surface area (Å²) in [7, 11) is 2.14. The lowest BCUT2D eigenvalue weighted by atomic mass is 9.98. The molecule has 1 aliphatic rings. The quantitative estimate of drug-likeness (QED) is 0.748. The van der Waals surface area contributed by atoms with Crippen molar-refractivity contribution < 1.29 is 4.79 Å². The third-order valence-electron chi connectivity index (χ3n) is 3.59. The zero-order chi connectivity index (χ0) is 12.5. The lowest BCUT2D eigenvalue weighted by Crippen LogP contribution is -2.31. The fourth-order valence-corrected chi connectivity index (χ4v) is 2.65. The zero-order valence-corrected chi connectivity index (χ0v) is 10.4. The fraction of sp³-hybridized carbons (Fsp3) is 0.462. The summed E-state index contributed by atoms with van der Waals surface area (Å²) >= 11 is 0. The van der Waals surface area contributed by atoms with Crippen molar-refractivity contribution in [3.63, 3.8) is 0 Å². The topological polar surface area (TPSA) is 50.5 Å². The predicted molar refractivity (Wildman–Crippen MR) is 67.8 cm³/mol. The van der Waals surface area contributed by atoms with E-state index in [1.807, 2.05) is 10.6 Å². The minimum absolute atomic E-state index is 0.431. The first-order valence-corrected chi connectivity index (χ1v) is 6.26. The summed E-state index contributed by atoms with van der Waals surface area (Å²) in [6, 6.07) is 3.58. The van der Waals surface area contributed by atoms with Crippen LogP contribution in [0, 0.1) is 0 Å². The summed E-state index contributed by atoms with van der Waals surface area (Å²) in [6.07, 6.45) is 5.08. The summed E-state index contributed by atoms with van der Waals surface area (Å²) in [5, 5.41) is 8.46. The fourth-order valence-electron chi connectivity index (χ4n) is 2.65. The lowest BCUT2D eigenvalue weighted by molar-refractivity contribution is 0.112. The van der Waals surface area contributed by atoms with E-state index in [0.29, 0.717) is 11.5 Å². The molecule has 0 saturated carbocycles. The molecule has 1 aliphatic heterocycles. The highest BCUT2D eigenvalue weighted by molar-refractivity contribution is 5.76. The molecular formula is C13H16N4O. The summed E-state index contributed by atoms with van der Waals surface area (Å²) in [5.74, 6) is 1.44. The van der Waals surface area contributed by atoms with Gasteiger partial charge in [0.05, 0.1) is 0 Å². The Morgan fingerprint density at radius 3 is 3.11 bits per heavy atom. The highest BCUT2D eigenvalue weighted by Crippen LogP contribution is 2.25. The largest absolute Gasteiger partial charge is 0.306 e. The molecule has 18 heavy (non-hydrogen) atoms. The summed E-state index contributed by atoms with van der Waals surface area (Å²) in [6.45, 7) is 2.18. The molecule has 1 saturated heterocycles. The first kappa shape index (κ1) is 11.3. The molecule has 1 unspecified atom stereocenters. The summed E-state index contributed by atoms with van der Waals surface area (Å²) < 4.78 is 2.00. The first-order chi connectivity index (χ1) is 8.78. The van der Waals surface area contributed by atoms with Crippen LogP contribution in [0.2, 0.25) is 0 Å². The van der Waals surface area contributed by atoms with Crippen molar-refractivity contribution in [2.24, 2.45) is 0 Å². The van der Waals surface area contributed by atoms with Gasteiger partial charge in [-0.2, -0.15) is 0 Å². The molecule has 2 aromatic heterocycles.